The first kappa shape index (κ1) is 21.1. The van der Waals surface area contributed by atoms with Crippen molar-refractivity contribution in [3.8, 4) is 5.75 Å². The summed E-state index contributed by atoms with van der Waals surface area (Å²) >= 11 is 0. The van der Waals surface area contributed by atoms with Gasteiger partial charge in [0.15, 0.2) is 0 Å². The third-order valence-corrected chi connectivity index (χ3v) is 4.67. The zero-order valence-corrected chi connectivity index (χ0v) is 15.9. The van der Waals surface area contributed by atoms with E-state index in [9.17, 15) is 13.6 Å². The van der Waals surface area contributed by atoms with Crippen molar-refractivity contribution >= 4 is 18.3 Å². The molecule has 27 heavy (non-hydrogen) atoms. The summed E-state index contributed by atoms with van der Waals surface area (Å²) in [5, 5.41) is 10.5. The Bertz CT molecular complexity index is 754. The highest BCUT2D eigenvalue weighted by Crippen LogP contribution is 2.29. The van der Waals surface area contributed by atoms with Crippen LogP contribution in [0.1, 0.15) is 30.0 Å². The van der Waals surface area contributed by atoms with Crippen molar-refractivity contribution in [1.82, 2.24) is 20.4 Å². The molecule has 1 unspecified atom stereocenters. The summed E-state index contributed by atoms with van der Waals surface area (Å²) in [6, 6.07) is 6.06. The molecule has 0 radical (unpaired) electrons. The second-order valence-electron chi connectivity index (χ2n) is 6.50. The molecular formula is C18H23ClF2N4O2. The molecule has 0 saturated carbocycles. The minimum absolute atomic E-state index is 0. The first-order valence-corrected chi connectivity index (χ1v) is 8.48. The van der Waals surface area contributed by atoms with E-state index >= 15 is 0 Å². The molecule has 1 amide bonds. The monoisotopic (exact) mass is 400 g/mol. The number of hydrogen-bond acceptors (Lipinski definition) is 4. The number of aryl methyl sites for hydroxylation is 1. The van der Waals surface area contributed by atoms with Crippen molar-refractivity contribution in [1.29, 1.82) is 0 Å². The van der Waals surface area contributed by atoms with Crippen LogP contribution in [-0.2, 0) is 11.8 Å². The molecule has 1 fully saturated rings. The quantitative estimate of drug-likeness (QED) is 0.782. The van der Waals surface area contributed by atoms with Crippen LogP contribution in [0.3, 0.4) is 0 Å². The van der Waals surface area contributed by atoms with Crippen LogP contribution in [0, 0.1) is 5.92 Å². The maximum Gasteiger partial charge on any atom is 0.387 e. The van der Waals surface area contributed by atoms with Crippen molar-refractivity contribution in [2.45, 2.75) is 25.5 Å². The summed E-state index contributed by atoms with van der Waals surface area (Å²) in [6.07, 6.45) is 3.73. The number of rotatable bonds is 6. The van der Waals surface area contributed by atoms with E-state index in [1.807, 2.05) is 20.2 Å². The molecule has 9 heteroatoms. The Balaban J connectivity index is 0.00000261. The second-order valence-corrected chi connectivity index (χ2v) is 6.50. The summed E-state index contributed by atoms with van der Waals surface area (Å²) < 4.78 is 30.5. The molecule has 0 spiro atoms. The van der Waals surface area contributed by atoms with Gasteiger partial charge in [0.2, 0.25) is 5.91 Å². The SMILES string of the molecule is CC(NC(=O)[C@H]1CNC[C@@H]1c1cnn(C)c1)c1ccc(OC(F)F)cc1.Cl. The molecule has 2 heterocycles. The van der Waals surface area contributed by atoms with Gasteiger partial charge in [-0.15, -0.1) is 12.4 Å². The van der Waals surface area contributed by atoms with Crippen molar-refractivity contribution in [3.63, 3.8) is 0 Å². The molecule has 0 bridgehead atoms. The zero-order chi connectivity index (χ0) is 18.7. The molecule has 148 valence electrons. The molecule has 2 aromatic rings. The highest BCUT2D eigenvalue weighted by molar-refractivity contribution is 5.85. The van der Waals surface area contributed by atoms with Gasteiger partial charge in [0.25, 0.3) is 0 Å². The summed E-state index contributed by atoms with van der Waals surface area (Å²) in [7, 11) is 1.85. The number of nitrogens with zero attached hydrogens (tertiary/aromatic N) is 2. The lowest BCUT2D eigenvalue weighted by molar-refractivity contribution is -0.125. The van der Waals surface area contributed by atoms with Gasteiger partial charge in [-0.3, -0.25) is 9.48 Å². The van der Waals surface area contributed by atoms with Gasteiger partial charge in [0, 0.05) is 32.3 Å². The van der Waals surface area contributed by atoms with E-state index < -0.39 is 6.61 Å². The fourth-order valence-corrected chi connectivity index (χ4v) is 3.28. The van der Waals surface area contributed by atoms with Crippen LogP contribution in [0.2, 0.25) is 0 Å². The lowest BCUT2D eigenvalue weighted by Crippen LogP contribution is -2.35. The van der Waals surface area contributed by atoms with E-state index in [-0.39, 0.29) is 41.9 Å². The van der Waals surface area contributed by atoms with Crippen LogP contribution >= 0.6 is 12.4 Å². The predicted molar refractivity (Wildman–Crippen MR) is 99.2 cm³/mol. The number of nitrogens with one attached hydrogen (secondary N) is 2. The molecule has 1 aliphatic heterocycles. The summed E-state index contributed by atoms with van der Waals surface area (Å²) in [5.74, 6) is -0.0380. The van der Waals surface area contributed by atoms with E-state index in [0.29, 0.717) is 6.54 Å². The van der Waals surface area contributed by atoms with Gasteiger partial charge in [-0.25, -0.2) is 0 Å². The number of alkyl halides is 2. The number of halogens is 3. The zero-order valence-electron chi connectivity index (χ0n) is 15.1. The van der Waals surface area contributed by atoms with Crippen molar-refractivity contribution in [2.75, 3.05) is 13.1 Å². The first-order valence-electron chi connectivity index (χ1n) is 8.48. The van der Waals surface area contributed by atoms with Gasteiger partial charge in [-0.2, -0.15) is 13.9 Å². The molecule has 6 nitrogen and oxygen atoms in total. The van der Waals surface area contributed by atoms with Gasteiger partial charge in [-0.1, -0.05) is 12.1 Å². The molecule has 1 saturated heterocycles. The van der Waals surface area contributed by atoms with E-state index in [0.717, 1.165) is 17.7 Å². The molecule has 0 aliphatic carbocycles. The third kappa shape index (κ3) is 5.17. The van der Waals surface area contributed by atoms with Crippen LogP contribution in [0.25, 0.3) is 0 Å². The predicted octanol–water partition coefficient (Wildman–Crippen LogP) is 2.62. The fraction of sp³-hybridized carbons (Fsp3) is 0.444. The Hall–Kier alpha value is -2.19. The van der Waals surface area contributed by atoms with Gasteiger partial charge < -0.3 is 15.4 Å². The number of amides is 1. The van der Waals surface area contributed by atoms with Gasteiger partial charge in [0.05, 0.1) is 18.2 Å². The van der Waals surface area contributed by atoms with Crippen LogP contribution in [0.4, 0.5) is 8.78 Å². The number of aromatic nitrogens is 2. The Morgan fingerprint density at radius 3 is 2.63 bits per heavy atom. The fourth-order valence-electron chi connectivity index (χ4n) is 3.28. The van der Waals surface area contributed by atoms with Crippen LogP contribution in [0.15, 0.2) is 36.7 Å². The largest absolute Gasteiger partial charge is 0.435 e. The standard InChI is InChI=1S/C18H22F2N4O2.ClH/c1-11(12-3-5-14(6-4-12)26-18(19)20)23-17(25)16-9-21-8-15(16)13-7-22-24(2)10-13;/h3-7,10-11,15-16,18,21H,8-9H2,1-2H3,(H,23,25);1H/t11?,15-,16+;/m1./s1. The smallest absolute Gasteiger partial charge is 0.387 e. The maximum absolute atomic E-state index is 12.7. The second kappa shape index (κ2) is 9.14. The normalized spacial score (nSPS) is 20.2. The topological polar surface area (TPSA) is 68.2 Å². The van der Waals surface area contributed by atoms with E-state index in [2.05, 4.69) is 20.5 Å². The molecule has 1 aliphatic rings. The van der Waals surface area contributed by atoms with Crippen LogP contribution in [0.5, 0.6) is 5.75 Å². The first-order chi connectivity index (χ1) is 12.4. The minimum Gasteiger partial charge on any atom is -0.435 e. The molecule has 1 aromatic carbocycles. The molecule has 3 rings (SSSR count). The van der Waals surface area contributed by atoms with Crippen molar-refractivity contribution in [3.05, 3.63) is 47.8 Å². The number of carbonyl (C=O) groups excluding carboxylic acids is 1. The number of ether oxygens (including phenoxy) is 1. The van der Waals surface area contributed by atoms with Crippen molar-refractivity contribution < 1.29 is 18.3 Å². The molecule has 2 N–H and O–H groups in total. The van der Waals surface area contributed by atoms with E-state index in [1.54, 1.807) is 23.0 Å². The number of benzene rings is 1. The van der Waals surface area contributed by atoms with Crippen LogP contribution < -0.4 is 15.4 Å². The minimum atomic E-state index is -2.85. The highest BCUT2D eigenvalue weighted by Gasteiger charge is 2.35. The van der Waals surface area contributed by atoms with Gasteiger partial charge in [0.1, 0.15) is 5.75 Å². The molecular weight excluding hydrogens is 378 g/mol. The average Bonchev–Trinajstić information content (AvgIpc) is 3.23. The Morgan fingerprint density at radius 2 is 2.04 bits per heavy atom. The Labute approximate surface area is 162 Å². The molecule has 1 aromatic heterocycles. The maximum atomic E-state index is 12.7. The van der Waals surface area contributed by atoms with Crippen LogP contribution in [-0.4, -0.2) is 35.4 Å². The Morgan fingerprint density at radius 1 is 1.33 bits per heavy atom. The summed E-state index contributed by atoms with van der Waals surface area (Å²) in [6.45, 7) is 0.358. The van der Waals surface area contributed by atoms with Gasteiger partial charge in [-0.05, 0) is 30.2 Å². The summed E-state index contributed by atoms with van der Waals surface area (Å²) in [4.78, 5) is 12.7. The average molecular weight is 401 g/mol. The number of carbonyl (C=O) groups is 1. The number of hydrogen-bond donors (Lipinski definition) is 2. The van der Waals surface area contributed by atoms with E-state index in [1.165, 1.54) is 12.1 Å². The van der Waals surface area contributed by atoms with E-state index in [4.69, 9.17) is 0 Å². The highest BCUT2D eigenvalue weighted by atomic mass is 35.5. The lowest BCUT2D eigenvalue weighted by Gasteiger charge is -2.21. The summed E-state index contributed by atoms with van der Waals surface area (Å²) in [5.41, 5.74) is 1.86. The molecule has 3 atom stereocenters. The lowest BCUT2D eigenvalue weighted by atomic mass is 9.90. The van der Waals surface area contributed by atoms with Crippen molar-refractivity contribution in [2.24, 2.45) is 13.0 Å². The Kier molecular flexibility index (Phi) is 7.15. The van der Waals surface area contributed by atoms with Gasteiger partial charge >= 0.3 is 6.61 Å². The third-order valence-electron chi connectivity index (χ3n) is 4.67.